The summed E-state index contributed by atoms with van der Waals surface area (Å²) < 4.78 is 5.33. The third kappa shape index (κ3) is 3.88. The quantitative estimate of drug-likeness (QED) is 0.689. The second-order valence-corrected chi connectivity index (χ2v) is 6.02. The first-order chi connectivity index (χ1) is 12.6. The number of amides is 3. The number of ether oxygens (including phenoxy) is 1. The molecule has 136 valence electrons. The Balaban J connectivity index is 1.67. The molecule has 0 unspecified atom stereocenters. The number of methoxy groups -OCH3 is 1. The summed E-state index contributed by atoms with van der Waals surface area (Å²) in [6.07, 6.45) is 0.712. The SMILES string of the molecule is COc1ccc(C(=O)NCCc2ccc(N)cc2)cc1N1CCNC1=O. The van der Waals surface area contributed by atoms with Crippen molar-refractivity contribution in [3.8, 4) is 5.75 Å². The summed E-state index contributed by atoms with van der Waals surface area (Å²) in [4.78, 5) is 25.9. The number of carbonyl (C=O) groups is 2. The summed E-state index contributed by atoms with van der Waals surface area (Å²) in [5, 5.41) is 5.64. The Morgan fingerprint density at radius 3 is 2.69 bits per heavy atom. The second-order valence-electron chi connectivity index (χ2n) is 6.02. The van der Waals surface area contributed by atoms with Crippen molar-refractivity contribution >= 4 is 23.3 Å². The zero-order chi connectivity index (χ0) is 18.5. The first-order valence-electron chi connectivity index (χ1n) is 8.44. The summed E-state index contributed by atoms with van der Waals surface area (Å²) in [5.41, 5.74) is 8.56. The molecule has 7 nitrogen and oxygen atoms in total. The van der Waals surface area contributed by atoms with Gasteiger partial charge in [0.2, 0.25) is 0 Å². The highest BCUT2D eigenvalue weighted by atomic mass is 16.5. The Kier molecular flexibility index (Phi) is 5.26. The van der Waals surface area contributed by atoms with E-state index in [4.69, 9.17) is 10.5 Å². The molecule has 1 aliphatic rings. The molecule has 26 heavy (non-hydrogen) atoms. The zero-order valence-electron chi connectivity index (χ0n) is 14.6. The number of rotatable bonds is 6. The minimum Gasteiger partial charge on any atom is -0.495 e. The molecular formula is C19H22N4O3. The lowest BCUT2D eigenvalue weighted by Crippen LogP contribution is -2.29. The van der Waals surface area contributed by atoms with Gasteiger partial charge in [0.15, 0.2) is 0 Å². The predicted molar refractivity (Wildman–Crippen MR) is 101 cm³/mol. The van der Waals surface area contributed by atoms with Crippen LogP contribution in [0.15, 0.2) is 42.5 Å². The topological polar surface area (TPSA) is 96.7 Å². The van der Waals surface area contributed by atoms with Crippen molar-refractivity contribution in [2.45, 2.75) is 6.42 Å². The van der Waals surface area contributed by atoms with Gasteiger partial charge in [-0.2, -0.15) is 0 Å². The molecule has 1 fully saturated rings. The average Bonchev–Trinajstić information content (AvgIpc) is 3.08. The van der Waals surface area contributed by atoms with Crippen LogP contribution >= 0.6 is 0 Å². The molecule has 0 radical (unpaired) electrons. The van der Waals surface area contributed by atoms with Crippen LogP contribution in [0.1, 0.15) is 15.9 Å². The molecule has 0 aromatic heterocycles. The lowest BCUT2D eigenvalue weighted by Gasteiger charge is -2.18. The first kappa shape index (κ1) is 17.6. The van der Waals surface area contributed by atoms with Gasteiger partial charge in [-0.1, -0.05) is 12.1 Å². The standard InChI is InChI=1S/C19H22N4O3/c1-26-17-7-4-14(12-16(17)23-11-10-22-19(23)25)18(24)21-9-8-13-2-5-15(20)6-3-13/h2-7,12H,8-11,20H2,1H3,(H,21,24)(H,22,25). The normalized spacial score (nSPS) is 13.4. The Labute approximate surface area is 152 Å². The van der Waals surface area contributed by atoms with Crippen LogP contribution in [-0.2, 0) is 6.42 Å². The van der Waals surface area contributed by atoms with Crippen LogP contribution in [0.3, 0.4) is 0 Å². The Morgan fingerprint density at radius 1 is 1.27 bits per heavy atom. The van der Waals surface area contributed by atoms with Crippen molar-refractivity contribution in [1.82, 2.24) is 10.6 Å². The van der Waals surface area contributed by atoms with E-state index in [0.717, 1.165) is 11.3 Å². The van der Waals surface area contributed by atoms with Gasteiger partial charge in [-0.3, -0.25) is 9.69 Å². The third-order valence-electron chi connectivity index (χ3n) is 4.27. The minimum atomic E-state index is -0.191. The van der Waals surface area contributed by atoms with E-state index in [2.05, 4.69) is 10.6 Å². The fourth-order valence-corrected chi connectivity index (χ4v) is 2.85. The zero-order valence-corrected chi connectivity index (χ0v) is 14.6. The fraction of sp³-hybridized carbons (Fsp3) is 0.263. The van der Waals surface area contributed by atoms with E-state index >= 15 is 0 Å². The molecule has 2 aromatic rings. The van der Waals surface area contributed by atoms with E-state index in [-0.39, 0.29) is 11.9 Å². The third-order valence-corrected chi connectivity index (χ3v) is 4.27. The van der Waals surface area contributed by atoms with Crippen molar-refractivity contribution in [2.75, 3.05) is 37.4 Å². The minimum absolute atomic E-state index is 0.191. The van der Waals surface area contributed by atoms with Crippen molar-refractivity contribution in [3.63, 3.8) is 0 Å². The molecule has 1 saturated heterocycles. The van der Waals surface area contributed by atoms with Crippen LogP contribution < -0.4 is 26.0 Å². The number of hydrogen-bond donors (Lipinski definition) is 3. The maximum atomic E-state index is 12.4. The number of anilines is 2. The smallest absolute Gasteiger partial charge is 0.322 e. The van der Waals surface area contributed by atoms with Crippen LogP contribution in [0.2, 0.25) is 0 Å². The molecule has 0 atom stereocenters. The molecule has 7 heteroatoms. The summed E-state index contributed by atoms with van der Waals surface area (Å²) in [6.45, 7) is 1.62. The number of carbonyl (C=O) groups excluding carboxylic acids is 2. The Morgan fingerprint density at radius 2 is 2.04 bits per heavy atom. The molecule has 3 rings (SSSR count). The van der Waals surface area contributed by atoms with Crippen LogP contribution in [0.25, 0.3) is 0 Å². The van der Waals surface area contributed by atoms with Crippen molar-refractivity contribution in [1.29, 1.82) is 0 Å². The highest BCUT2D eigenvalue weighted by Gasteiger charge is 2.25. The number of nitrogens with two attached hydrogens (primary N) is 1. The van der Waals surface area contributed by atoms with Crippen LogP contribution in [-0.4, -0.2) is 38.7 Å². The molecule has 3 amide bonds. The largest absolute Gasteiger partial charge is 0.495 e. The molecule has 0 saturated carbocycles. The number of urea groups is 1. The lowest BCUT2D eigenvalue weighted by molar-refractivity contribution is 0.0954. The summed E-state index contributed by atoms with van der Waals surface area (Å²) >= 11 is 0. The second kappa shape index (κ2) is 7.77. The van der Waals surface area contributed by atoms with Crippen molar-refractivity contribution in [2.24, 2.45) is 0 Å². The highest BCUT2D eigenvalue weighted by molar-refractivity contribution is 5.99. The van der Waals surface area contributed by atoms with Gasteiger partial charge in [-0.05, 0) is 42.3 Å². The molecule has 0 spiro atoms. The van der Waals surface area contributed by atoms with E-state index in [1.807, 2.05) is 24.3 Å². The van der Waals surface area contributed by atoms with Gasteiger partial charge in [0.1, 0.15) is 5.75 Å². The Hall–Kier alpha value is -3.22. The van der Waals surface area contributed by atoms with Gasteiger partial charge in [-0.25, -0.2) is 4.79 Å². The summed E-state index contributed by atoms with van der Waals surface area (Å²) in [7, 11) is 1.54. The average molecular weight is 354 g/mol. The molecule has 0 bridgehead atoms. The van der Waals surface area contributed by atoms with Gasteiger partial charge < -0.3 is 21.1 Å². The van der Waals surface area contributed by atoms with Gasteiger partial charge in [-0.15, -0.1) is 0 Å². The number of nitrogens with one attached hydrogen (secondary N) is 2. The number of nitrogens with zero attached hydrogens (tertiary/aromatic N) is 1. The van der Waals surface area contributed by atoms with E-state index in [1.54, 1.807) is 30.2 Å². The van der Waals surface area contributed by atoms with Gasteiger partial charge in [0, 0.05) is 30.9 Å². The predicted octanol–water partition coefficient (Wildman–Crippen LogP) is 1.78. The van der Waals surface area contributed by atoms with Crippen LogP contribution in [0.4, 0.5) is 16.2 Å². The van der Waals surface area contributed by atoms with E-state index in [1.165, 1.54) is 0 Å². The number of nitrogen functional groups attached to an aromatic ring is 1. The molecule has 2 aromatic carbocycles. The van der Waals surface area contributed by atoms with E-state index < -0.39 is 0 Å². The van der Waals surface area contributed by atoms with Crippen LogP contribution in [0, 0.1) is 0 Å². The maximum absolute atomic E-state index is 12.4. The van der Waals surface area contributed by atoms with Crippen LogP contribution in [0.5, 0.6) is 5.75 Å². The molecule has 1 heterocycles. The molecular weight excluding hydrogens is 332 g/mol. The monoisotopic (exact) mass is 354 g/mol. The van der Waals surface area contributed by atoms with Gasteiger partial charge in [0.05, 0.1) is 12.8 Å². The van der Waals surface area contributed by atoms with E-state index in [9.17, 15) is 9.59 Å². The highest BCUT2D eigenvalue weighted by Crippen LogP contribution is 2.30. The van der Waals surface area contributed by atoms with E-state index in [0.29, 0.717) is 43.1 Å². The summed E-state index contributed by atoms with van der Waals surface area (Å²) in [5.74, 6) is 0.365. The number of hydrogen-bond acceptors (Lipinski definition) is 4. The lowest BCUT2D eigenvalue weighted by atomic mass is 10.1. The van der Waals surface area contributed by atoms with Gasteiger partial charge in [0.25, 0.3) is 5.91 Å². The number of benzene rings is 2. The van der Waals surface area contributed by atoms with Gasteiger partial charge >= 0.3 is 6.03 Å². The molecule has 1 aliphatic heterocycles. The molecule has 4 N–H and O–H groups in total. The maximum Gasteiger partial charge on any atom is 0.322 e. The first-order valence-corrected chi connectivity index (χ1v) is 8.44. The fourth-order valence-electron chi connectivity index (χ4n) is 2.85. The van der Waals surface area contributed by atoms with Crippen molar-refractivity contribution in [3.05, 3.63) is 53.6 Å². The molecule has 0 aliphatic carbocycles. The van der Waals surface area contributed by atoms with Crippen molar-refractivity contribution < 1.29 is 14.3 Å². The summed E-state index contributed by atoms with van der Waals surface area (Å²) in [6, 6.07) is 12.5. The Bertz CT molecular complexity index is 805.